The molecule has 0 aromatic rings. The summed E-state index contributed by atoms with van der Waals surface area (Å²) < 4.78 is 16.9. The second-order valence-electron chi connectivity index (χ2n) is 22.4. The van der Waals surface area contributed by atoms with Crippen LogP contribution in [0.4, 0.5) is 0 Å². The fourth-order valence-corrected chi connectivity index (χ4v) is 10.2. The lowest BCUT2D eigenvalue weighted by atomic mass is 10.0. The number of carbonyl (C=O) groups is 3. The summed E-state index contributed by atoms with van der Waals surface area (Å²) in [5.74, 6) is -0.832. The van der Waals surface area contributed by atoms with Crippen LogP contribution in [0.15, 0.2) is 0 Å². The highest BCUT2D eigenvalue weighted by molar-refractivity contribution is 5.71. The number of unbranched alkanes of at least 4 members (excludes halogenated alkanes) is 50. The van der Waals surface area contributed by atoms with Gasteiger partial charge < -0.3 is 14.2 Å². The molecule has 0 saturated carbocycles. The fourth-order valence-electron chi connectivity index (χ4n) is 10.2. The van der Waals surface area contributed by atoms with E-state index in [2.05, 4.69) is 20.8 Å². The zero-order valence-corrected chi connectivity index (χ0v) is 48.5. The molecule has 1 unspecified atom stereocenters. The van der Waals surface area contributed by atoms with Crippen molar-refractivity contribution in [3.63, 3.8) is 0 Å². The molecule has 422 valence electrons. The van der Waals surface area contributed by atoms with Crippen LogP contribution < -0.4 is 0 Å². The molecule has 0 heterocycles. The molecule has 0 amide bonds. The summed E-state index contributed by atoms with van der Waals surface area (Å²) in [4.78, 5) is 38.1. The van der Waals surface area contributed by atoms with Gasteiger partial charge in [0.1, 0.15) is 13.2 Å². The van der Waals surface area contributed by atoms with E-state index in [1.54, 1.807) is 0 Å². The quantitative estimate of drug-likeness (QED) is 0.0343. The minimum absolute atomic E-state index is 0.0611. The Labute approximate surface area is 444 Å². The average Bonchev–Trinajstić information content (AvgIpc) is 3.37. The van der Waals surface area contributed by atoms with Crippen molar-refractivity contribution < 1.29 is 28.6 Å². The summed E-state index contributed by atoms with van der Waals surface area (Å²) in [6, 6.07) is 0. The van der Waals surface area contributed by atoms with Gasteiger partial charge in [-0.25, -0.2) is 0 Å². The predicted molar refractivity (Wildman–Crippen MR) is 307 cm³/mol. The van der Waals surface area contributed by atoms with Gasteiger partial charge in [0, 0.05) is 19.3 Å². The number of esters is 3. The first kappa shape index (κ1) is 69.4. The lowest BCUT2D eigenvalue weighted by molar-refractivity contribution is -0.167. The van der Waals surface area contributed by atoms with E-state index in [9.17, 15) is 14.4 Å². The molecule has 0 saturated heterocycles. The van der Waals surface area contributed by atoms with Crippen LogP contribution in [0.2, 0.25) is 0 Å². The standard InChI is InChI=1S/C65H126O6/c1-4-7-10-13-16-19-22-24-26-27-28-29-30-31-32-33-34-35-36-37-38-39-40-42-43-46-49-52-55-58-64(67)70-61-62(60-69-63(66)57-54-51-48-45-21-18-15-12-9-6-3)71-65(68)59-56-53-50-47-44-41-25-23-20-17-14-11-8-5-2/h62H,4-61H2,1-3H3. The van der Waals surface area contributed by atoms with E-state index >= 15 is 0 Å². The molecule has 0 aromatic heterocycles. The summed E-state index contributed by atoms with van der Waals surface area (Å²) in [6.07, 6.45) is 69.9. The van der Waals surface area contributed by atoms with Gasteiger partial charge in [0.15, 0.2) is 6.10 Å². The zero-order chi connectivity index (χ0) is 51.4. The highest BCUT2D eigenvalue weighted by Gasteiger charge is 2.19. The highest BCUT2D eigenvalue weighted by atomic mass is 16.6. The Bertz CT molecular complexity index is 1060. The lowest BCUT2D eigenvalue weighted by Crippen LogP contribution is -2.30. The van der Waals surface area contributed by atoms with Crippen molar-refractivity contribution in [2.75, 3.05) is 13.2 Å². The topological polar surface area (TPSA) is 78.9 Å². The molecule has 0 bridgehead atoms. The third-order valence-corrected chi connectivity index (χ3v) is 15.1. The van der Waals surface area contributed by atoms with E-state index < -0.39 is 6.10 Å². The number of hydrogen-bond acceptors (Lipinski definition) is 6. The van der Waals surface area contributed by atoms with Crippen LogP contribution in [-0.2, 0) is 28.6 Å². The van der Waals surface area contributed by atoms with E-state index in [1.807, 2.05) is 0 Å². The summed E-state index contributed by atoms with van der Waals surface area (Å²) in [6.45, 7) is 6.70. The predicted octanol–water partition coefficient (Wildman–Crippen LogP) is 21.9. The normalized spacial score (nSPS) is 11.9. The van der Waals surface area contributed by atoms with Gasteiger partial charge in [-0.2, -0.15) is 0 Å². The van der Waals surface area contributed by atoms with Crippen molar-refractivity contribution in [2.45, 2.75) is 386 Å². The first-order valence-corrected chi connectivity index (χ1v) is 32.5. The van der Waals surface area contributed by atoms with E-state index in [0.29, 0.717) is 19.3 Å². The minimum Gasteiger partial charge on any atom is -0.462 e. The first-order chi connectivity index (χ1) is 35.0. The molecule has 0 aliphatic heterocycles. The van der Waals surface area contributed by atoms with Gasteiger partial charge in [-0.1, -0.05) is 342 Å². The Morgan fingerprint density at radius 1 is 0.225 bits per heavy atom. The Hall–Kier alpha value is -1.59. The van der Waals surface area contributed by atoms with Crippen LogP contribution in [0.25, 0.3) is 0 Å². The van der Waals surface area contributed by atoms with Gasteiger partial charge in [-0.3, -0.25) is 14.4 Å². The molecule has 0 rings (SSSR count). The molecule has 0 radical (unpaired) electrons. The maximum absolute atomic E-state index is 12.8. The molecule has 0 aromatic carbocycles. The molecule has 0 aliphatic rings. The smallest absolute Gasteiger partial charge is 0.306 e. The summed E-state index contributed by atoms with van der Waals surface area (Å²) >= 11 is 0. The third kappa shape index (κ3) is 59.2. The van der Waals surface area contributed by atoms with Gasteiger partial charge in [0.05, 0.1) is 0 Å². The zero-order valence-electron chi connectivity index (χ0n) is 48.5. The van der Waals surface area contributed by atoms with Crippen molar-refractivity contribution in [1.82, 2.24) is 0 Å². The minimum atomic E-state index is -0.761. The molecule has 6 heteroatoms. The SMILES string of the molecule is CCCCCCCCCCCCCCCCCCCCCCCCCCCCCCCC(=O)OCC(COC(=O)CCCCCCCCCCCC)OC(=O)CCCCCCCCCCCCCCCC. The van der Waals surface area contributed by atoms with Crippen LogP contribution in [0.3, 0.4) is 0 Å². The highest BCUT2D eigenvalue weighted by Crippen LogP contribution is 2.19. The van der Waals surface area contributed by atoms with E-state index in [1.165, 1.54) is 283 Å². The van der Waals surface area contributed by atoms with E-state index in [0.717, 1.165) is 57.8 Å². The van der Waals surface area contributed by atoms with Gasteiger partial charge in [-0.15, -0.1) is 0 Å². The Morgan fingerprint density at radius 2 is 0.380 bits per heavy atom. The maximum Gasteiger partial charge on any atom is 0.306 e. The molecular formula is C65H126O6. The number of hydrogen-bond donors (Lipinski definition) is 0. The largest absolute Gasteiger partial charge is 0.462 e. The van der Waals surface area contributed by atoms with Crippen LogP contribution in [0.1, 0.15) is 380 Å². The summed E-state index contributed by atoms with van der Waals surface area (Å²) in [7, 11) is 0. The molecule has 1 atom stereocenters. The van der Waals surface area contributed by atoms with Crippen LogP contribution in [0.5, 0.6) is 0 Å². The van der Waals surface area contributed by atoms with Crippen LogP contribution in [-0.4, -0.2) is 37.2 Å². The first-order valence-electron chi connectivity index (χ1n) is 32.5. The number of ether oxygens (including phenoxy) is 3. The van der Waals surface area contributed by atoms with Crippen molar-refractivity contribution >= 4 is 17.9 Å². The van der Waals surface area contributed by atoms with Crippen LogP contribution >= 0.6 is 0 Å². The van der Waals surface area contributed by atoms with Crippen molar-refractivity contribution in [3.8, 4) is 0 Å². The lowest BCUT2D eigenvalue weighted by Gasteiger charge is -2.18. The molecule has 71 heavy (non-hydrogen) atoms. The third-order valence-electron chi connectivity index (χ3n) is 15.1. The van der Waals surface area contributed by atoms with Gasteiger partial charge in [0.2, 0.25) is 0 Å². The fraction of sp³-hybridized carbons (Fsp3) is 0.954. The van der Waals surface area contributed by atoms with Gasteiger partial charge in [0.25, 0.3) is 0 Å². The summed E-state index contributed by atoms with van der Waals surface area (Å²) in [5, 5.41) is 0. The van der Waals surface area contributed by atoms with E-state index in [-0.39, 0.29) is 31.1 Å². The van der Waals surface area contributed by atoms with Crippen LogP contribution in [0, 0.1) is 0 Å². The van der Waals surface area contributed by atoms with Crippen molar-refractivity contribution in [3.05, 3.63) is 0 Å². The van der Waals surface area contributed by atoms with Crippen molar-refractivity contribution in [1.29, 1.82) is 0 Å². The monoisotopic (exact) mass is 1000 g/mol. The Morgan fingerprint density at radius 3 is 0.563 bits per heavy atom. The maximum atomic E-state index is 12.8. The molecule has 0 aliphatic carbocycles. The summed E-state index contributed by atoms with van der Waals surface area (Å²) in [5.41, 5.74) is 0. The second-order valence-corrected chi connectivity index (χ2v) is 22.4. The van der Waals surface area contributed by atoms with Crippen molar-refractivity contribution in [2.24, 2.45) is 0 Å². The molecule has 0 spiro atoms. The van der Waals surface area contributed by atoms with Gasteiger partial charge >= 0.3 is 17.9 Å². The number of carbonyl (C=O) groups excluding carboxylic acids is 3. The second kappa shape index (κ2) is 61.0. The molecule has 0 N–H and O–H groups in total. The average molecular weight is 1000 g/mol. The van der Waals surface area contributed by atoms with E-state index in [4.69, 9.17) is 14.2 Å². The number of rotatable bonds is 61. The Balaban J connectivity index is 4.03. The molecular weight excluding hydrogens is 877 g/mol. The molecule has 0 fully saturated rings. The Kier molecular flexibility index (Phi) is 59.6. The molecule has 6 nitrogen and oxygen atoms in total. The van der Waals surface area contributed by atoms with Gasteiger partial charge in [-0.05, 0) is 19.3 Å².